The minimum Gasteiger partial charge on any atom is -0.106 e. The number of hydrogen-bond acceptors (Lipinski definition) is 0. The molecule has 82 valence electrons. The SMILES string of the molecule is C=C.CC.CC=C(C)CC.CCC. The Morgan fingerprint density at radius 1 is 1.08 bits per heavy atom. The van der Waals surface area contributed by atoms with Crippen molar-refractivity contribution in [3.8, 4) is 0 Å². The third kappa shape index (κ3) is 85.2. The van der Waals surface area contributed by atoms with Crippen molar-refractivity contribution >= 4 is 0 Å². The van der Waals surface area contributed by atoms with Crippen molar-refractivity contribution in [1.82, 2.24) is 0 Å². The number of hydrogen-bond donors (Lipinski definition) is 0. The molecule has 0 radical (unpaired) electrons. The normalized spacial score (nSPS) is 7.77. The molecule has 0 aromatic rings. The first-order valence-electron chi connectivity index (χ1n) is 5.34. The van der Waals surface area contributed by atoms with Gasteiger partial charge >= 0.3 is 0 Å². The molecular formula is C13H30. The average Bonchev–Trinajstić information content (AvgIpc) is 2.24. The van der Waals surface area contributed by atoms with Gasteiger partial charge in [-0.25, -0.2) is 0 Å². The smallest absolute Gasteiger partial charge is 0.0352 e. The maximum absolute atomic E-state index is 3.00. The number of allylic oxidation sites excluding steroid dienone is 2. The Balaban J connectivity index is -0.0000000493. The zero-order valence-electron chi connectivity index (χ0n) is 10.9. The lowest BCUT2D eigenvalue weighted by atomic mass is 10.2. The zero-order chi connectivity index (χ0) is 11.7. The highest BCUT2D eigenvalue weighted by atomic mass is 13.8. The zero-order valence-corrected chi connectivity index (χ0v) is 10.9. The van der Waals surface area contributed by atoms with Gasteiger partial charge in [-0.3, -0.25) is 0 Å². The first-order chi connectivity index (χ1) is 6.22. The van der Waals surface area contributed by atoms with Gasteiger partial charge in [0.2, 0.25) is 0 Å². The summed E-state index contributed by atoms with van der Waals surface area (Å²) in [5, 5.41) is 0. The van der Waals surface area contributed by atoms with Crippen LogP contribution < -0.4 is 0 Å². The molecule has 0 bridgehead atoms. The molecule has 0 aliphatic rings. The predicted molar refractivity (Wildman–Crippen MR) is 68.3 cm³/mol. The summed E-state index contributed by atoms with van der Waals surface area (Å²) in [4.78, 5) is 0. The van der Waals surface area contributed by atoms with E-state index >= 15 is 0 Å². The molecule has 0 rings (SSSR count). The first-order valence-corrected chi connectivity index (χ1v) is 5.34. The van der Waals surface area contributed by atoms with E-state index in [-0.39, 0.29) is 0 Å². The van der Waals surface area contributed by atoms with Crippen LogP contribution in [0.5, 0.6) is 0 Å². The van der Waals surface area contributed by atoms with E-state index in [1.54, 1.807) is 0 Å². The molecular weight excluding hydrogens is 156 g/mol. The summed E-state index contributed by atoms with van der Waals surface area (Å²) in [7, 11) is 0. The van der Waals surface area contributed by atoms with E-state index in [0.717, 1.165) is 0 Å². The van der Waals surface area contributed by atoms with Crippen molar-refractivity contribution in [1.29, 1.82) is 0 Å². The molecule has 0 amide bonds. The van der Waals surface area contributed by atoms with Gasteiger partial charge in [-0.2, -0.15) is 0 Å². The molecule has 13 heavy (non-hydrogen) atoms. The lowest BCUT2D eigenvalue weighted by Crippen LogP contribution is -1.63. The van der Waals surface area contributed by atoms with Crippen LogP contribution in [0.15, 0.2) is 24.8 Å². The summed E-state index contributed by atoms with van der Waals surface area (Å²) in [6, 6.07) is 0. The molecule has 0 heterocycles. The van der Waals surface area contributed by atoms with Crippen LogP contribution in [0, 0.1) is 0 Å². The fourth-order valence-electron chi connectivity index (χ4n) is 0.204. The Hall–Kier alpha value is -0.520. The lowest BCUT2D eigenvalue weighted by Gasteiger charge is -1.85. The van der Waals surface area contributed by atoms with Crippen molar-refractivity contribution in [2.24, 2.45) is 0 Å². The molecule has 0 atom stereocenters. The van der Waals surface area contributed by atoms with Crippen molar-refractivity contribution in [3.05, 3.63) is 24.8 Å². The Labute approximate surface area is 86.8 Å². The van der Waals surface area contributed by atoms with Crippen molar-refractivity contribution in [2.75, 3.05) is 0 Å². The lowest BCUT2D eigenvalue weighted by molar-refractivity contribution is 1.09. The van der Waals surface area contributed by atoms with Gasteiger partial charge in [0.05, 0.1) is 0 Å². The van der Waals surface area contributed by atoms with Crippen LogP contribution in [0.3, 0.4) is 0 Å². The third-order valence-electron chi connectivity index (χ3n) is 1.05. The molecule has 0 unspecified atom stereocenters. The Bertz CT molecular complexity index is 70.1. The second-order valence-electron chi connectivity index (χ2n) is 2.20. The molecule has 0 saturated heterocycles. The standard InChI is InChI=1S/C6H12.C3H8.C2H6.C2H4/c1-4-6(3)5-2;1-3-2;2*1-2/h4H,5H2,1-3H3;3H2,1-2H3;1-2H3;1-2H2. The van der Waals surface area contributed by atoms with E-state index in [9.17, 15) is 0 Å². The van der Waals surface area contributed by atoms with E-state index in [1.807, 2.05) is 13.8 Å². The molecule has 0 N–H and O–H groups in total. The minimum absolute atomic E-state index is 1.19. The first kappa shape index (κ1) is 22.9. The maximum Gasteiger partial charge on any atom is -0.0352 e. The van der Waals surface area contributed by atoms with Gasteiger partial charge in [-0.05, 0) is 20.3 Å². The monoisotopic (exact) mass is 186 g/mol. The summed E-state index contributed by atoms with van der Waals surface area (Å²) in [5.41, 5.74) is 1.47. The summed E-state index contributed by atoms with van der Waals surface area (Å²) in [5.74, 6) is 0. The molecule has 0 aromatic carbocycles. The van der Waals surface area contributed by atoms with Crippen LogP contribution in [0.1, 0.15) is 61.3 Å². The molecule has 0 aromatic heterocycles. The molecule has 0 heteroatoms. The van der Waals surface area contributed by atoms with E-state index < -0.39 is 0 Å². The van der Waals surface area contributed by atoms with Crippen LogP contribution in [-0.2, 0) is 0 Å². The highest BCUT2D eigenvalue weighted by Crippen LogP contribution is 1.94. The van der Waals surface area contributed by atoms with Crippen molar-refractivity contribution in [3.63, 3.8) is 0 Å². The van der Waals surface area contributed by atoms with E-state index in [1.165, 1.54) is 18.4 Å². The van der Waals surface area contributed by atoms with Gasteiger partial charge in [0.15, 0.2) is 0 Å². The van der Waals surface area contributed by atoms with E-state index in [0.29, 0.717) is 0 Å². The van der Waals surface area contributed by atoms with Gasteiger partial charge < -0.3 is 0 Å². The van der Waals surface area contributed by atoms with Gasteiger partial charge in [0, 0.05) is 0 Å². The van der Waals surface area contributed by atoms with Crippen molar-refractivity contribution in [2.45, 2.75) is 61.3 Å². The topological polar surface area (TPSA) is 0 Å². The van der Waals surface area contributed by atoms with Crippen LogP contribution in [-0.4, -0.2) is 0 Å². The maximum atomic E-state index is 3.00. The third-order valence-corrected chi connectivity index (χ3v) is 1.05. The molecule has 0 nitrogen and oxygen atoms in total. The van der Waals surface area contributed by atoms with Gasteiger partial charge in [0.1, 0.15) is 0 Å². The largest absolute Gasteiger partial charge is 0.106 e. The van der Waals surface area contributed by atoms with Crippen LogP contribution in [0.4, 0.5) is 0 Å². The highest BCUT2D eigenvalue weighted by Gasteiger charge is 1.73. The summed E-state index contributed by atoms with van der Waals surface area (Å²) < 4.78 is 0. The van der Waals surface area contributed by atoms with E-state index in [4.69, 9.17) is 0 Å². The Kier molecular flexibility index (Phi) is 73.9. The van der Waals surface area contributed by atoms with Crippen molar-refractivity contribution < 1.29 is 0 Å². The minimum atomic E-state index is 1.19. The van der Waals surface area contributed by atoms with Gasteiger partial charge in [-0.1, -0.05) is 52.7 Å². The highest BCUT2D eigenvalue weighted by molar-refractivity contribution is 4.93. The summed E-state index contributed by atoms with van der Waals surface area (Å²) in [6.45, 7) is 20.6. The fourth-order valence-corrected chi connectivity index (χ4v) is 0.204. The second-order valence-corrected chi connectivity index (χ2v) is 2.20. The Morgan fingerprint density at radius 2 is 1.31 bits per heavy atom. The summed E-state index contributed by atoms with van der Waals surface area (Å²) in [6.07, 6.45) is 4.58. The van der Waals surface area contributed by atoms with Crippen LogP contribution >= 0.6 is 0 Å². The molecule has 0 aliphatic heterocycles. The predicted octanol–water partition coefficient (Wildman–Crippen LogP) is 5.61. The molecule has 0 fully saturated rings. The Morgan fingerprint density at radius 3 is 1.31 bits per heavy atom. The fraction of sp³-hybridized carbons (Fsp3) is 0.692. The number of rotatable bonds is 1. The quantitative estimate of drug-likeness (QED) is 0.467. The van der Waals surface area contributed by atoms with Crippen LogP contribution in [0.25, 0.3) is 0 Å². The van der Waals surface area contributed by atoms with Gasteiger partial charge in [-0.15, -0.1) is 13.2 Å². The molecule has 0 saturated carbocycles. The van der Waals surface area contributed by atoms with Gasteiger partial charge in [0.25, 0.3) is 0 Å². The molecule has 0 aliphatic carbocycles. The average molecular weight is 186 g/mol. The van der Waals surface area contributed by atoms with E-state index in [2.05, 4.69) is 53.9 Å². The van der Waals surface area contributed by atoms with Crippen LogP contribution in [0.2, 0.25) is 0 Å². The second kappa shape index (κ2) is 42.0. The molecule has 0 spiro atoms. The summed E-state index contributed by atoms with van der Waals surface area (Å²) >= 11 is 0.